The normalized spacial score (nSPS) is 17.1. The van der Waals surface area contributed by atoms with E-state index in [9.17, 15) is 13.6 Å². The fourth-order valence-corrected chi connectivity index (χ4v) is 1.99. The lowest BCUT2D eigenvalue weighted by molar-refractivity contribution is 0.0925. The number of hydrogen-bond donors (Lipinski definition) is 2. The van der Waals surface area contributed by atoms with Gasteiger partial charge in [0, 0.05) is 18.2 Å². The van der Waals surface area contributed by atoms with Crippen molar-refractivity contribution >= 4 is 5.91 Å². The number of halogens is 2. The Bertz CT molecular complexity index is 484. The zero-order valence-corrected chi connectivity index (χ0v) is 10.2. The first-order valence-electron chi connectivity index (χ1n) is 5.94. The van der Waals surface area contributed by atoms with Crippen molar-refractivity contribution in [3.8, 4) is 0 Å². The third-order valence-electron chi connectivity index (χ3n) is 3.44. The van der Waals surface area contributed by atoms with E-state index in [1.54, 1.807) is 0 Å². The van der Waals surface area contributed by atoms with Crippen molar-refractivity contribution < 1.29 is 13.6 Å². The lowest BCUT2D eigenvalue weighted by atomic mass is 9.78. The summed E-state index contributed by atoms with van der Waals surface area (Å²) in [6.45, 7) is 1.81. The van der Waals surface area contributed by atoms with Crippen LogP contribution in [0.5, 0.6) is 0 Å². The second kappa shape index (κ2) is 4.65. The molecule has 0 atom stereocenters. The average molecular weight is 254 g/mol. The molecule has 2 rings (SSSR count). The van der Waals surface area contributed by atoms with Crippen LogP contribution in [0.3, 0.4) is 0 Å². The number of benzene rings is 1. The Kier molecular flexibility index (Phi) is 3.34. The number of carbonyl (C=O) groups is 1. The van der Waals surface area contributed by atoms with Gasteiger partial charge in [-0.15, -0.1) is 0 Å². The predicted molar refractivity (Wildman–Crippen MR) is 64.2 cm³/mol. The quantitative estimate of drug-likeness (QED) is 0.865. The maximum atomic E-state index is 13.5. The molecule has 1 aliphatic rings. The van der Waals surface area contributed by atoms with Gasteiger partial charge in [0.15, 0.2) is 0 Å². The van der Waals surface area contributed by atoms with Crippen molar-refractivity contribution in [2.24, 2.45) is 5.73 Å². The Balaban J connectivity index is 2.06. The molecular formula is C13H16F2N2O. The van der Waals surface area contributed by atoms with Crippen LogP contribution in [0.1, 0.15) is 35.2 Å². The second-order valence-electron chi connectivity index (χ2n) is 4.98. The van der Waals surface area contributed by atoms with Crippen LogP contribution in [-0.4, -0.2) is 18.0 Å². The second-order valence-corrected chi connectivity index (χ2v) is 4.98. The van der Waals surface area contributed by atoms with E-state index in [-0.39, 0.29) is 16.7 Å². The summed E-state index contributed by atoms with van der Waals surface area (Å²) in [6.07, 6.45) is 2.77. The molecule has 1 amide bonds. The highest BCUT2D eigenvalue weighted by Gasteiger charge is 2.32. The molecule has 0 radical (unpaired) electrons. The van der Waals surface area contributed by atoms with Gasteiger partial charge < -0.3 is 11.1 Å². The molecule has 0 spiro atoms. The van der Waals surface area contributed by atoms with E-state index >= 15 is 0 Å². The maximum absolute atomic E-state index is 13.5. The lowest BCUT2D eigenvalue weighted by Crippen LogP contribution is -2.55. The summed E-state index contributed by atoms with van der Waals surface area (Å²) in [7, 11) is 0. The summed E-state index contributed by atoms with van der Waals surface area (Å²) in [5, 5.41) is 2.60. The zero-order valence-electron chi connectivity index (χ0n) is 10.2. The van der Waals surface area contributed by atoms with Gasteiger partial charge in [-0.2, -0.15) is 0 Å². The molecule has 0 bridgehead atoms. The molecule has 18 heavy (non-hydrogen) atoms. The molecular weight excluding hydrogens is 238 g/mol. The smallest absolute Gasteiger partial charge is 0.254 e. The monoisotopic (exact) mass is 254 g/mol. The van der Waals surface area contributed by atoms with Crippen LogP contribution in [0.25, 0.3) is 0 Å². The summed E-state index contributed by atoms with van der Waals surface area (Å²) in [4.78, 5) is 11.8. The Morgan fingerprint density at radius 2 is 2.06 bits per heavy atom. The third kappa shape index (κ3) is 2.51. The minimum Gasteiger partial charge on any atom is -0.350 e. The Labute approximate surface area is 104 Å². The SMILES string of the molecule is Cc1cc(C(=O)NCC2(N)CCC2)c(F)cc1F. The summed E-state index contributed by atoms with van der Waals surface area (Å²) in [5.41, 5.74) is 5.69. The number of nitrogens with one attached hydrogen (secondary N) is 1. The van der Waals surface area contributed by atoms with Crippen molar-refractivity contribution in [2.45, 2.75) is 31.7 Å². The topological polar surface area (TPSA) is 55.1 Å². The molecule has 0 unspecified atom stereocenters. The standard InChI is InChI=1S/C13H16F2N2O/c1-8-5-9(11(15)6-10(8)14)12(18)17-7-13(16)3-2-4-13/h5-6H,2-4,7,16H2,1H3,(H,17,18). The minimum absolute atomic E-state index is 0.142. The summed E-state index contributed by atoms with van der Waals surface area (Å²) in [6, 6.07) is 1.94. The maximum Gasteiger partial charge on any atom is 0.254 e. The van der Waals surface area contributed by atoms with E-state index in [0.717, 1.165) is 25.3 Å². The fourth-order valence-electron chi connectivity index (χ4n) is 1.99. The first-order valence-corrected chi connectivity index (χ1v) is 5.94. The number of rotatable bonds is 3. The van der Waals surface area contributed by atoms with Crippen molar-refractivity contribution in [2.75, 3.05) is 6.54 Å². The Morgan fingerprint density at radius 1 is 1.39 bits per heavy atom. The molecule has 3 N–H and O–H groups in total. The van der Waals surface area contributed by atoms with Crippen molar-refractivity contribution in [1.29, 1.82) is 0 Å². The van der Waals surface area contributed by atoms with Crippen LogP contribution in [-0.2, 0) is 0 Å². The molecule has 1 saturated carbocycles. The summed E-state index contributed by atoms with van der Waals surface area (Å²) < 4.78 is 26.5. The molecule has 0 saturated heterocycles. The Hall–Kier alpha value is -1.49. The van der Waals surface area contributed by atoms with Crippen LogP contribution >= 0.6 is 0 Å². The van der Waals surface area contributed by atoms with E-state index in [4.69, 9.17) is 5.73 Å². The van der Waals surface area contributed by atoms with Crippen LogP contribution in [0.4, 0.5) is 8.78 Å². The lowest BCUT2D eigenvalue weighted by Gasteiger charge is -2.38. The van der Waals surface area contributed by atoms with Gasteiger partial charge in [0.25, 0.3) is 5.91 Å². The molecule has 0 aromatic heterocycles. The molecule has 1 aliphatic carbocycles. The van der Waals surface area contributed by atoms with Gasteiger partial charge in [-0.25, -0.2) is 8.78 Å². The van der Waals surface area contributed by atoms with Crippen molar-refractivity contribution in [3.05, 3.63) is 34.9 Å². The van der Waals surface area contributed by atoms with Gasteiger partial charge in [-0.3, -0.25) is 4.79 Å². The van der Waals surface area contributed by atoms with Gasteiger partial charge in [0.1, 0.15) is 11.6 Å². The van der Waals surface area contributed by atoms with E-state index in [0.29, 0.717) is 6.54 Å². The molecule has 98 valence electrons. The van der Waals surface area contributed by atoms with Crippen LogP contribution in [0.15, 0.2) is 12.1 Å². The molecule has 0 heterocycles. The molecule has 0 aliphatic heterocycles. The van der Waals surface area contributed by atoms with Gasteiger partial charge in [-0.1, -0.05) is 0 Å². The van der Waals surface area contributed by atoms with Crippen LogP contribution in [0.2, 0.25) is 0 Å². The Morgan fingerprint density at radius 3 is 2.61 bits per heavy atom. The van der Waals surface area contributed by atoms with Gasteiger partial charge >= 0.3 is 0 Å². The van der Waals surface area contributed by atoms with Crippen molar-refractivity contribution in [3.63, 3.8) is 0 Å². The fraction of sp³-hybridized carbons (Fsp3) is 0.462. The summed E-state index contributed by atoms with van der Waals surface area (Å²) >= 11 is 0. The zero-order chi connectivity index (χ0) is 13.3. The molecule has 1 aromatic rings. The first-order chi connectivity index (χ1) is 8.41. The van der Waals surface area contributed by atoms with E-state index in [1.165, 1.54) is 13.0 Å². The van der Waals surface area contributed by atoms with Crippen LogP contribution in [0, 0.1) is 18.6 Å². The highest BCUT2D eigenvalue weighted by atomic mass is 19.1. The number of aryl methyl sites for hydroxylation is 1. The molecule has 1 fully saturated rings. The number of amides is 1. The van der Waals surface area contributed by atoms with Gasteiger partial charge in [-0.05, 0) is 37.8 Å². The highest BCUT2D eigenvalue weighted by Crippen LogP contribution is 2.28. The number of hydrogen-bond acceptors (Lipinski definition) is 2. The van der Waals surface area contributed by atoms with E-state index < -0.39 is 17.5 Å². The number of nitrogens with two attached hydrogens (primary N) is 1. The molecule has 3 nitrogen and oxygen atoms in total. The van der Waals surface area contributed by atoms with Crippen molar-refractivity contribution in [1.82, 2.24) is 5.32 Å². The predicted octanol–water partition coefficient (Wildman–Crippen LogP) is 1.88. The van der Waals surface area contributed by atoms with Gasteiger partial charge in [0.2, 0.25) is 0 Å². The van der Waals surface area contributed by atoms with Crippen LogP contribution < -0.4 is 11.1 Å². The third-order valence-corrected chi connectivity index (χ3v) is 3.44. The number of carbonyl (C=O) groups excluding carboxylic acids is 1. The van der Waals surface area contributed by atoms with Gasteiger partial charge in [0.05, 0.1) is 5.56 Å². The minimum atomic E-state index is -0.852. The largest absolute Gasteiger partial charge is 0.350 e. The van der Waals surface area contributed by atoms with E-state index in [1.807, 2.05) is 0 Å². The van der Waals surface area contributed by atoms with E-state index in [2.05, 4.69) is 5.32 Å². The summed E-state index contributed by atoms with van der Waals surface area (Å²) in [5.74, 6) is -2.05. The first kappa shape index (κ1) is 13.0. The average Bonchev–Trinajstić information content (AvgIpc) is 2.28. The molecule has 1 aromatic carbocycles. The molecule has 5 heteroatoms. The highest BCUT2D eigenvalue weighted by molar-refractivity contribution is 5.94.